The maximum absolute atomic E-state index is 13.0. The summed E-state index contributed by atoms with van der Waals surface area (Å²) in [6.07, 6.45) is 22.5. The Bertz CT molecular complexity index is 2040. The summed E-state index contributed by atoms with van der Waals surface area (Å²) in [6, 6.07) is 15.9. The molecule has 0 N–H and O–H groups in total. The lowest BCUT2D eigenvalue weighted by Gasteiger charge is -2.32. The number of halogens is 2. The van der Waals surface area contributed by atoms with Crippen LogP contribution in [-0.4, -0.2) is 89.3 Å². The van der Waals surface area contributed by atoms with Gasteiger partial charge in [0, 0.05) is 26.2 Å². The van der Waals surface area contributed by atoms with Crippen LogP contribution < -0.4 is 19.3 Å². The van der Waals surface area contributed by atoms with Gasteiger partial charge in [0.25, 0.3) is 0 Å². The highest BCUT2D eigenvalue weighted by Gasteiger charge is 2.44. The molecule has 6 heterocycles. The average Bonchev–Trinajstić information content (AvgIpc) is 4.07. The van der Waals surface area contributed by atoms with Gasteiger partial charge in [-0.15, -0.1) is 10.2 Å². The molecule has 2 aromatic carbocycles. The van der Waals surface area contributed by atoms with Gasteiger partial charge in [0.05, 0.1) is 79.2 Å². The fourth-order valence-electron chi connectivity index (χ4n) is 9.09. The van der Waals surface area contributed by atoms with E-state index in [4.69, 9.17) is 21.1 Å². The number of rotatable bonds is 14. The second-order valence-corrected chi connectivity index (χ2v) is 16.8. The molecular weight excluding hydrogens is 783 g/mol. The number of aromatic nitrogens is 10. The van der Waals surface area contributed by atoms with E-state index in [0.29, 0.717) is 11.0 Å². The molecule has 16 heteroatoms. The summed E-state index contributed by atoms with van der Waals surface area (Å²) in [5.74, 6) is 7.71. The van der Waals surface area contributed by atoms with Crippen LogP contribution in [0, 0.1) is 41.3 Å². The molecule has 4 fully saturated rings. The van der Waals surface area contributed by atoms with Crippen LogP contribution in [0.3, 0.4) is 0 Å². The second kappa shape index (κ2) is 18.7. The zero-order valence-corrected chi connectivity index (χ0v) is 34.3. The Labute approximate surface area is 354 Å². The standard InChI is InChI=1S/C22H25ClN6O.C22H25FN6O/c2*23-18-14-24-22(25-15-18)28-9-5-16(6-10-28)21-13-17(21)7-12-30-20-3-1-19(2-4-20)29-11-8-26-27-29/h2*1-4,8,11,14-17,21H,5-7,9-10,12-13H2/t2*17-,21-/m11/s1. The van der Waals surface area contributed by atoms with Gasteiger partial charge in [-0.05, 0) is 135 Å². The van der Waals surface area contributed by atoms with Crippen LogP contribution in [-0.2, 0) is 0 Å². The van der Waals surface area contributed by atoms with Crippen LogP contribution in [0.4, 0.5) is 16.3 Å². The zero-order chi connectivity index (χ0) is 40.7. The van der Waals surface area contributed by atoms with E-state index in [-0.39, 0.29) is 5.82 Å². The van der Waals surface area contributed by atoms with Crippen molar-refractivity contribution in [3.05, 3.63) is 109 Å². The smallest absolute Gasteiger partial charge is 0.225 e. The van der Waals surface area contributed by atoms with E-state index in [1.165, 1.54) is 38.1 Å². The van der Waals surface area contributed by atoms with Crippen LogP contribution in [0.15, 0.2) is 98.1 Å². The summed E-state index contributed by atoms with van der Waals surface area (Å²) in [5, 5.41) is 16.2. The highest BCUT2D eigenvalue weighted by Crippen LogP contribution is 2.51. The van der Waals surface area contributed by atoms with Gasteiger partial charge >= 0.3 is 0 Å². The third-order valence-corrected chi connectivity index (χ3v) is 12.8. The minimum absolute atomic E-state index is 0.386. The first-order valence-corrected chi connectivity index (χ1v) is 21.5. The van der Waals surface area contributed by atoms with Crippen LogP contribution in [0.2, 0.25) is 5.02 Å². The topological polar surface area (TPSA) is 138 Å². The van der Waals surface area contributed by atoms with Crippen molar-refractivity contribution in [2.45, 2.75) is 51.4 Å². The van der Waals surface area contributed by atoms with Gasteiger partial charge < -0.3 is 19.3 Å². The van der Waals surface area contributed by atoms with Crippen molar-refractivity contribution in [2.24, 2.45) is 35.5 Å². The predicted octanol–water partition coefficient (Wildman–Crippen LogP) is 7.55. The first-order chi connectivity index (χ1) is 29.5. The maximum Gasteiger partial charge on any atom is 0.225 e. The molecule has 10 rings (SSSR count). The molecule has 312 valence electrons. The Balaban J connectivity index is 0.000000154. The summed E-state index contributed by atoms with van der Waals surface area (Å²) in [7, 11) is 0. The molecule has 0 radical (unpaired) electrons. The van der Waals surface area contributed by atoms with Gasteiger partial charge in [-0.25, -0.2) is 33.7 Å². The lowest BCUT2D eigenvalue weighted by atomic mass is 9.90. The van der Waals surface area contributed by atoms with Gasteiger partial charge in [0.2, 0.25) is 11.9 Å². The van der Waals surface area contributed by atoms with Crippen molar-refractivity contribution < 1.29 is 13.9 Å². The molecule has 14 nitrogen and oxygen atoms in total. The minimum atomic E-state index is -0.386. The van der Waals surface area contributed by atoms with Gasteiger partial charge in [-0.3, -0.25) is 0 Å². The third-order valence-electron chi connectivity index (χ3n) is 12.6. The summed E-state index contributed by atoms with van der Waals surface area (Å²) in [6.45, 7) is 5.50. The van der Waals surface area contributed by atoms with E-state index in [9.17, 15) is 4.39 Å². The summed E-state index contributed by atoms with van der Waals surface area (Å²) < 4.78 is 28.4. The number of benzene rings is 2. The normalized spacial score (nSPS) is 21.6. The van der Waals surface area contributed by atoms with Gasteiger partial charge in [-0.2, -0.15) is 0 Å². The van der Waals surface area contributed by atoms with Crippen molar-refractivity contribution in [1.82, 2.24) is 49.9 Å². The number of nitrogens with zero attached hydrogens (tertiary/aromatic N) is 12. The van der Waals surface area contributed by atoms with E-state index in [2.05, 4.69) is 50.4 Å². The van der Waals surface area contributed by atoms with E-state index >= 15 is 0 Å². The minimum Gasteiger partial charge on any atom is -0.494 e. The molecule has 4 aliphatic rings. The van der Waals surface area contributed by atoms with E-state index < -0.39 is 0 Å². The molecule has 6 aromatic rings. The first kappa shape index (κ1) is 39.7. The van der Waals surface area contributed by atoms with E-state index in [1.807, 2.05) is 60.9 Å². The Hall–Kier alpha value is -5.70. The van der Waals surface area contributed by atoms with Crippen molar-refractivity contribution in [3.63, 3.8) is 0 Å². The SMILES string of the molecule is Clc1cnc(N2CCC([C@H]3C[C@H]3CCOc3ccc(-n4ccnn4)cc3)CC2)nc1.Fc1cnc(N2CCC([C@H]3C[C@H]3CCOc3ccc(-n4ccnn4)cc3)CC2)nc1. The molecule has 0 spiro atoms. The van der Waals surface area contributed by atoms with Gasteiger partial charge in [0.1, 0.15) is 11.5 Å². The summed E-state index contributed by atoms with van der Waals surface area (Å²) in [5.41, 5.74) is 1.96. The molecule has 0 bridgehead atoms. The molecule has 4 atom stereocenters. The third kappa shape index (κ3) is 10.2. The first-order valence-electron chi connectivity index (χ1n) is 21.2. The highest BCUT2D eigenvalue weighted by atomic mass is 35.5. The van der Waals surface area contributed by atoms with Crippen molar-refractivity contribution >= 4 is 23.5 Å². The predicted molar refractivity (Wildman–Crippen MR) is 225 cm³/mol. The molecule has 2 aliphatic heterocycles. The van der Waals surface area contributed by atoms with Gasteiger partial charge in [0.15, 0.2) is 5.82 Å². The molecule has 0 unspecified atom stereocenters. The molecule has 4 aromatic heterocycles. The summed E-state index contributed by atoms with van der Waals surface area (Å²) >= 11 is 5.89. The lowest BCUT2D eigenvalue weighted by Crippen LogP contribution is -2.35. The lowest BCUT2D eigenvalue weighted by molar-refractivity contribution is 0.284. The van der Waals surface area contributed by atoms with E-state index in [0.717, 1.165) is 129 Å². The van der Waals surface area contributed by atoms with Crippen molar-refractivity contribution in [1.29, 1.82) is 0 Å². The van der Waals surface area contributed by atoms with Crippen LogP contribution in [0.1, 0.15) is 51.4 Å². The fourth-order valence-corrected chi connectivity index (χ4v) is 9.19. The number of hydrogen-bond donors (Lipinski definition) is 0. The number of piperidine rings is 2. The van der Waals surface area contributed by atoms with Crippen molar-refractivity contribution in [2.75, 3.05) is 49.2 Å². The molecular formula is C44H50ClFN12O2. The Morgan fingerprint density at radius 2 is 1.00 bits per heavy atom. The second-order valence-electron chi connectivity index (χ2n) is 16.3. The quantitative estimate of drug-likeness (QED) is 0.107. The Kier molecular flexibility index (Phi) is 12.4. The number of hydrogen-bond acceptors (Lipinski definition) is 12. The molecule has 2 saturated carbocycles. The molecule has 2 saturated heterocycles. The molecule has 60 heavy (non-hydrogen) atoms. The maximum atomic E-state index is 13.0. The number of ether oxygens (including phenoxy) is 2. The van der Waals surface area contributed by atoms with Crippen LogP contribution in [0.5, 0.6) is 11.5 Å². The van der Waals surface area contributed by atoms with Crippen LogP contribution >= 0.6 is 11.6 Å². The van der Waals surface area contributed by atoms with E-state index in [1.54, 1.807) is 34.2 Å². The Morgan fingerprint density at radius 1 is 0.583 bits per heavy atom. The zero-order valence-electron chi connectivity index (χ0n) is 33.5. The molecule has 0 amide bonds. The van der Waals surface area contributed by atoms with Crippen molar-refractivity contribution in [3.8, 4) is 22.9 Å². The average molecular weight is 833 g/mol. The number of anilines is 2. The highest BCUT2D eigenvalue weighted by molar-refractivity contribution is 6.30. The monoisotopic (exact) mass is 832 g/mol. The summed E-state index contributed by atoms with van der Waals surface area (Å²) in [4.78, 5) is 21.4. The Morgan fingerprint density at radius 3 is 1.40 bits per heavy atom. The fraction of sp³-hybridized carbons (Fsp3) is 0.455. The van der Waals surface area contributed by atoms with Crippen LogP contribution in [0.25, 0.3) is 11.4 Å². The van der Waals surface area contributed by atoms with Gasteiger partial charge in [-0.1, -0.05) is 22.0 Å². The molecule has 2 aliphatic carbocycles. The largest absolute Gasteiger partial charge is 0.494 e.